The largest absolute Gasteiger partial charge is 0.480 e. The molecule has 0 saturated heterocycles. The molecule has 0 bridgehead atoms. The summed E-state index contributed by atoms with van der Waals surface area (Å²) in [6.45, 7) is 5.26. The molecule has 1 atom stereocenters. The van der Waals surface area contributed by atoms with Crippen LogP contribution in [0.15, 0.2) is 24.8 Å². The fraction of sp³-hybridized carbons (Fsp3) is 0.385. The highest BCUT2D eigenvalue weighted by Crippen LogP contribution is 2.20. The van der Waals surface area contributed by atoms with Gasteiger partial charge in [0, 0.05) is 12.4 Å². The van der Waals surface area contributed by atoms with Gasteiger partial charge in [-0.2, -0.15) is 5.10 Å². The second kappa shape index (κ2) is 4.92. The summed E-state index contributed by atoms with van der Waals surface area (Å²) in [5.41, 5.74) is 0.236. The molecule has 7 nitrogen and oxygen atoms in total. The molecule has 2 heterocycles. The average molecular weight is 276 g/mol. The smallest absolute Gasteiger partial charge is 0.326 e. The number of nitrogens with one attached hydrogen (secondary N) is 1. The van der Waals surface area contributed by atoms with E-state index in [0.29, 0.717) is 11.1 Å². The third-order valence-electron chi connectivity index (χ3n) is 2.96. The number of rotatable bonds is 3. The maximum Gasteiger partial charge on any atom is 0.326 e. The van der Waals surface area contributed by atoms with E-state index in [0.717, 1.165) is 0 Å². The summed E-state index contributed by atoms with van der Waals surface area (Å²) in [6, 6.07) is -0.985. The van der Waals surface area contributed by atoms with E-state index in [9.17, 15) is 14.7 Å². The van der Waals surface area contributed by atoms with Gasteiger partial charge in [-0.3, -0.25) is 9.78 Å². The summed E-state index contributed by atoms with van der Waals surface area (Å²) in [7, 11) is 0. The molecule has 0 radical (unpaired) electrons. The van der Waals surface area contributed by atoms with E-state index in [1.807, 2.05) is 0 Å². The fourth-order valence-corrected chi connectivity index (χ4v) is 1.87. The van der Waals surface area contributed by atoms with Crippen molar-refractivity contribution in [2.45, 2.75) is 26.8 Å². The summed E-state index contributed by atoms with van der Waals surface area (Å²) >= 11 is 0. The number of carbonyl (C=O) groups is 2. The summed E-state index contributed by atoms with van der Waals surface area (Å²) < 4.78 is 1.51. The van der Waals surface area contributed by atoms with E-state index in [4.69, 9.17) is 0 Å². The van der Waals surface area contributed by atoms with Gasteiger partial charge in [-0.25, -0.2) is 9.31 Å². The predicted octanol–water partition coefficient (Wildman–Crippen LogP) is 0.958. The molecule has 20 heavy (non-hydrogen) atoms. The average Bonchev–Trinajstić information content (AvgIpc) is 2.77. The third kappa shape index (κ3) is 2.61. The zero-order valence-electron chi connectivity index (χ0n) is 11.5. The molecule has 0 aromatic carbocycles. The number of hydrogen-bond donors (Lipinski definition) is 2. The lowest BCUT2D eigenvalue weighted by molar-refractivity contribution is -0.142. The number of aliphatic carboxylic acids is 1. The van der Waals surface area contributed by atoms with Crippen LogP contribution in [0.1, 0.15) is 31.1 Å². The van der Waals surface area contributed by atoms with E-state index >= 15 is 0 Å². The van der Waals surface area contributed by atoms with Gasteiger partial charge in [-0.05, 0) is 5.41 Å². The Kier molecular flexibility index (Phi) is 3.44. The fourth-order valence-electron chi connectivity index (χ4n) is 1.87. The van der Waals surface area contributed by atoms with Gasteiger partial charge in [0.1, 0.15) is 6.04 Å². The van der Waals surface area contributed by atoms with Crippen LogP contribution in [0, 0.1) is 5.41 Å². The summed E-state index contributed by atoms with van der Waals surface area (Å²) in [5.74, 6) is -1.55. The molecular formula is C13H16N4O3. The molecule has 1 unspecified atom stereocenters. The molecule has 0 spiro atoms. The molecule has 0 saturated carbocycles. The Bertz CT molecular complexity index is 657. The Morgan fingerprint density at radius 1 is 1.35 bits per heavy atom. The first kappa shape index (κ1) is 14.0. The van der Waals surface area contributed by atoms with Crippen LogP contribution in [0.5, 0.6) is 0 Å². The van der Waals surface area contributed by atoms with Gasteiger partial charge in [-0.1, -0.05) is 20.8 Å². The quantitative estimate of drug-likeness (QED) is 0.870. The number of hydrogen-bond acceptors (Lipinski definition) is 4. The highest BCUT2D eigenvalue weighted by atomic mass is 16.4. The zero-order chi connectivity index (χ0) is 14.9. The van der Waals surface area contributed by atoms with Crippen molar-refractivity contribution in [2.75, 3.05) is 0 Å². The van der Waals surface area contributed by atoms with Gasteiger partial charge in [0.2, 0.25) is 0 Å². The van der Waals surface area contributed by atoms with Gasteiger partial charge in [0.05, 0.1) is 23.5 Å². The lowest BCUT2D eigenvalue weighted by atomic mass is 9.86. The maximum atomic E-state index is 12.2. The predicted molar refractivity (Wildman–Crippen MR) is 71.3 cm³/mol. The van der Waals surface area contributed by atoms with Crippen molar-refractivity contribution in [1.29, 1.82) is 0 Å². The van der Waals surface area contributed by atoms with Crippen molar-refractivity contribution in [2.24, 2.45) is 5.41 Å². The van der Waals surface area contributed by atoms with Crippen molar-refractivity contribution >= 4 is 17.4 Å². The molecule has 1 amide bonds. The lowest BCUT2D eigenvalue weighted by Gasteiger charge is -2.27. The number of carbonyl (C=O) groups excluding carboxylic acids is 1. The van der Waals surface area contributed by atoms with Crippen LogP contribution >= 0.6 is 0 Å². The minimum Gasteiger partial charge on any atom is -0.480 e. The van der Waals surface area contributed by atoms with Crippen LogP contribution in [-0.4, -0.2) is 37.6 Å². The van der Waals surface area contributed by atoms with Crippen LogP contribution in [0.3, 0.4) is 0 Å². The highest BCUT2D eigenvalue weighted by molar-refractivity contribution is 6.02. The second-order valence-corrected chi connectivity index (χ2v) is 5.58. The van der Waals surface area contributed by atoms with Gasteiger partial charge in [0.15, 0.2) is 0 Å². The molecule has 2 aromatic rings. The van der Waals surface area contributed by atoms with Gasteiger partial charge in [0.25, 0.3) is 5.91 Å². The first-order valence-corrected chi connectivity index (χ1v) is 6.11. The van der Waals surface area contributed by atoms with Gasteiger partial charge < -0.3 is 10.4 Å². The monoisotopic (exact) mass is 276 g/mol. The van der Waals surface area contributed by atoms with Crippen molar-refractivity contribution in [3.05, 3.63) is 30.4 Å². The maximum absolute atomic E-state index is 12.2. The third-order valence-corrected chi connectivity index (χ3v) is 2.96. The van der Waals surface area contributed by atoms with Crippen molar-refractivity contribution in [3.8, 4) is 0 Å². The minimum absolute atomic E-state index is 0.300. The van der Waals surface area contributed by atoms with Crippen molar-refractivity contribution in [3.63, 3.8) is 0 Å². The summed E-state index contributed by atoms with van der Waals surface area (Å²) in [5, 5.41) is 15.8. The Morgan fingerprint density at radius 2 is 2.05 bits per heavy atom. The lowest BCUT2D eigenvalue weighted by Crippen LogP contribution is -2.49. The zero-order valence-corrected chi connectivity index (χ0v) is 11.5. The standard InChI is InChI=1S/C13H16N4O3/c1-13(2,3)10(12(19)20)16-11(18)8-6-15-17-5-4-14-7-9(8)17/h4-7,10H,1-3H3,(H,16,18)(H,19,20). The van der Waals surface area contributed by atoms with E-state index < -0.39 is 23.3 Å². The topological polar surface area (TPSA) is 96.6 Å². The Hall–Kier alpha value is -2.44. The number of carboxylic acid groups (broad SMARTS) is 1. The van der Waals surface area contributed by atoms with E-state index in [1.54, 1.807) is 33.2 Å². The van der Waals surface area contributed by atoms with Crippen LogP contribution in [0.2, 0.25) is 0 Å². The van der Waals surface area contributed by atoms with Crippen LogP contribution in [0.25, 0.3) is 5.52 Å². The number of amides is 1. The summed E-state index contributed by atoms with van der Waals surface area (Å²) in [6.07, 6.45) is 6.07. The number of aromatic nitrogens is 3. The van der Waals surface area contributed by atoms with Gasteiger partial charge >= 0.3 is 5.97 Å². The van der Waals surface area contributed by atoms with Crippen molar-refractivity contribution < 1.29 is 14.7 Å². The molecule has 7 heteroatoms. The van der Waals surface area contributed by atoms with Gasteiger partial charge in [-0.15, -0.1) is 0 Å². The minimum atomic E-state index is -1.07. The van der Waals surface area contributed by atoms with E-state index in [2.05, 4.69) is 15.4 Å². The normalized spacial score (nSPS) is 13.2. The molecular weight excluding hydrogens is 260 g/mol. The molecule has 0 fully saturated rings. The number of carboxylic acids is 1. The van der Waals surface area contributed by atoms with Crippen LogP contribution < -0.4 is 5.32 Å². The molecule has 2 N–H and O–H groups in total. The molecule has 0 aliphatic heterocycles. The Labute approximate surface area is 115 Å². The second-order valence-electron chi connectivity index (χ2n) is 5.58. The molecule has 2 rings (SSSR count). The number of nitrogens with zero attached hydrogens (tertiary/aromatic N) is 3. The molecule has 2 aromatic heterocycles. The SMILES string of the molecule is CC(C)(C)C(NC(=O)c1cnn2ccncc12)C(=O)O. The van der Waals surface area contributed by atoms with Crippen LogP contribution in [0.4, 0.5) is 0 Å². The molecule has 0 aliphatic carbocycles. The van der Waals surface area contributed by atoms with Crippen molar-refractivity contribution in [1.82, 2.24) is 19.9 Å². The first-order valence-electron chi connectivity index (χ1n) is 6.11. The summed E-state index contributed by atoms with van der Waals surface area (Å²) in [4.78, 5) is 27.4. The number of fused-ring (bicyclic) bond motifs is 1. The molecule has 0 aliphatic rings. The first-order chi connectivity index (χ1) is 9.30. The molecule has 106 valence electrons. The van der Waals surface area contributed by atoms with Crippen LogP contribution in [-0.2, 0) is 4.79 Å². The Balaban J connectivity index is 2.30. The van der Waals surface area contributed by atoms with E-state index in [-0.39, 0.29) is 0 Å². The Morgan fingerprint density at radius 3 is 2.65 bits per heavy atom. The van der Waals surface area contributed by atoms with E-state index in [1.165, 1.54) is 16.9 Å². The highest BCUT2D eigenvalue weighted by Gasteiger charge is 2.33.